The highest BCUT2D eigenvalue weighted by Gasteiger charge is 2.14. The van der Waals surface area contributed by atoms with Crippen molar-refractivity contribution in [3.8, 4) is 0 Å². The molecule has 3 amide bonds. The quantitative estimate of drug-likeness (QED) is 0.704. The average Bonchev–Trinajstić information content (AvgIpc) is 2.42. The van der Waals surface area contributed by atoms with Gasteiger partial charge in [-0.15, -0.1) is 0 Å². The van der Waals surface area contributed by atoms with Crippen LogP contribution in [-0.4, -0.2) is 11.9 Å². The van der Waals surface area contributed by atoms with E-state index < -0.39 is 11.9 Å². The van der Waals surface area contributed by atoms with Gasteiger partial charge in [0.25, 0.3) is 5.91 Å². The van der Waals surface area contributed by atoms with E-state index in [9.17, 15) is 9.59 Å². The van der Waals surface area contributed by atoms with Crippen molar-refractivity contribution < 1.29 is 9.59 Å². The fourth-order valence-electron chi connectivity index (χ4n) is 1.62. The number of nitrogen functional groups attached to an aromatic ring is 1. The molecule has 0 aromatic heterocycles. The Kier molecular flexibility index (Phi) is 5.13. The van der Waals surface area contributed by atoms with E-state index in [0.29, 0.717) is 16.4 Å². The van der Waals surface area contributed by atoms with Crippen LogP contribution in [0.1, 0.15) is 10.4 Å². The second-order valence-electron chi connectivity index (χ2n) is 4.28. The van der Waals surface area contributed by atoms with Crippen LogP contribution in [0.5, 0.6) is 0 Å². The third kappa shape index (κ3) is 4.04. The van der Waals surface area contributed by atoms with Crippen LogP contribution < -0.4 is 16.4 Å². The van der Waals surface area contributed by atoms with E-state index in [-0.39, 0.29) is 15.6 Å². The van der Waals surface area contributed by atoms with E-state index in [0.717, 1.165) is 0 Å². The highest BCUT2D eigenvalue weighted by atomic mass is 35.5. The lowest BCUT2D eigenvalue weighted by Crippen LogP contribution is -2.34. The minimum absolute atomic E-state index is 0.139. The molecular formula is C14H10Cl3N3O2. The average molecular weight is 359 g/mol. The van der Waals surface area contributed by atoms with Crippen molar-refractivity contribution in [2.75, 3.05) is 11.1 Å². The summed E-state index contributed by atoms with van der Waals surface area (Å²) >= 11 is 17.5. The molecule has 0 aliphatic heterocycles. The van der Waals surface area contributed by atoms with Gasteiger partial charge in [0.05, 0.1) is 20.6 Å². The molecule has 0 atom stereocenters. The maximum absolute atomic E-state index is 12.0. The molecule has 0 aliphatic rings. The Bertz CT molecular complexity index is 750. The summed E-state index contributed by atoms with van der Waals surface area (Å²) in [5.74, 6) is -0.650. The van der Waals surface area contributed by atoms with Gasteiger partial charge in [-0.1, -0.05) is 34.8 Å². The topological polar surface area (TPSA) is 84.2 Å². The molecule has 2 rings (SSSR count). The number of hydrogen-bond acceptors (Lipinski definition) is 3. The van der Waals surface area contributed by atoms with E-state index in [1.165, 1.54) is 30.3 Å². The molecule has 2 aromatic carbocycles. The van der Waals surface area contributed by atoms with Gasteiger partial charge < -0.3 is 11.1 Å². The van der Waals surface area contributed by atoms with Gasteiger partial charge in [0.15, 0.2) is 0 Å². The van der Waals surface area contributed by atoms with Crippen LogP contribution in [0.4, 0.5) is 16.2 Å². The van der Waals surface area contributed by atoms with Crippen molar-refractivity contribution in [3.05, 3.63) is 57.0 Å². The summed E-state index contributed by atoms with van der Waals surface area (Å²) in [6.45, 7) is 0. The monoisotopic (exact) mass is 357 g/mol. The van der Waals surface area contributed by atoms with Crippen molar-refractivity contribution in [2.24, 2.45) is 0 Å². The van der Waals surface area contributed by atoms with Crippen LogP contribution in [0.2, 0.25) is 15.1 Å². The maximum atomic E-state index is 12.0. The first-order valence-corrected chi connectivity index (χ1v) is 7.12. The summed E-state index contributed by atoms with van der Waals surface area (Å²) in [6, 6.07) is 8.18. The highest BCUT2D eigenvalue weighted by molar-refractivity contribution is 6.42. The SMILES string of the molecule is Nc1ccc(C(=O)NC(=O)Nc2ccc(Cl)c(Cl)c2)c(Cl)c1. The molecule has 0 unspecified atom stereocenters. The lowest BCUT2D eigenvalue weighted by molar-refractivity contribution is 0.0967. The fraction of sp³-hybridized carbons (Fsp3) is 0. The molecule has 2 aromatic rings. The molecule has 8 heteroatoms. The van der Waals surface area contributed by atoms with E-state index in [1.54, 1.807) is 6.07 Å². The van der Waals surface area contributed by atoms with E-state index >= 15 is 0 Å². The van der Waals surface area contributed by atoms with Gasteiger partial charge in [0, 0.05) is 11.4 Å². The molecule has 4 N–H and O–H groups in total. The number of nitrogens with one attached hydrogen (secondary N) is 2. The Morgan fingerprint density at radius 3 is 2.27 bits per heavy atom. The Hall–Kier alpha value is -1.95. The number of rotatable bonds is 2. The standard InChI is InChI=1S/C14H10Cl3N3O2/c15-10-4-2-8(6-12(10)17)19-14(22)20-13(21)9-3-1-7(18)5-11(9)16/h1-6H,18H2,(H2,19,20,21,22). The van der Waals surface area contributed by atoms with Crippen molar-refractivity contribution in [3.63, 3.8) is 0 Å². The molecule has 22 heavy (non-hydrogen) atoms. The molecule has 0 saturated heterocycles. The number of carbonyl (C=O) groups excluding carboxylic acids is 2. The molecule has 0 aliphatic carbocycles. The second kappa shape index (κ2) is 6.87. The predicted octanol–water partition coefficient (Wildman–Crippen LogP) is 4.19. The fourth-order valence-corrected chi connectivity index (χ4v) is 2.20. The van der Waals surface area contributed by atoms with Gasteiger partial charge in [-0.05, 0) is 36.4 Å². The summed E-state index contributed by atoms with van der Waals surface area (Å²) in [6.07, 6.45) is 0. The van der Waals surface area contributed by atoms with E-state index in [1.807, 2.05) is 0 Å². The van der Waals surface area contributed by atoms with E-state index in [2.05, 4.69) is 10.6 Å². The van der Waals surface area contributed by atoms with Crippen molar-refractivity contribution in [1.29, 1.82) is 0 Å². The number of nitrogens with two attached hydrogens (primary N) is 1. The van der Waals surface area contributed by atoms with E-state index in [4.69, 9.17) is 40.5 Å². The van der Waals surface area contributed by atoms with Crippen LogP contribution in [0.3, 0.4) is 0 Å². The highest BCUT2D eigenvalue weighted by Crippen LogP contribution is 2.25. The largest absolute Gasteiger partial charge is 0.399 e. The van der Waals surface area contributed by atoms with Gasteiger partial charge in [0.1, 0.15) is 0 Å². The number of halogens is 3. The van der Waals surface area contributed by atoms with Gasteiger partial charge in [-0.25, -0.2) is 4.79 Å². The van der Waals surface area contributed by atoms with Gasteiger partial charge in [0.2, 0.25) is 0 Å². The Labute approximate surface area is 141 Å². The lowest BCUT2D eigenvalue weighted by atomic mass is 10.2. The lowest BCUT2D eigenvalue weighted by Gasteiger charge is -2.08. The van der Waals surface area contributed by atoms with Crippen LogP contribution in [0.25, 0.3) is 0 Å². The number of carbonyl (C=O) groups is 2. The zero-order chi connectivity index (χ0) is 16.3. The normalized spacial score (nSPS) is 10.1. The zero-order valence-corrected chi connectivity index (χ0v) is 13.3. The van der Waals surface area contributed by atoms with Crippen molar-refractivity contribution in [1.82, 2.24) is 5.32 Å². The molecule has 0 radical (unpaired) electrons. The van der Waals surface area contributed by atoms with Crippen LogP contribution in [-0.2, 0) is 0 Å². The minimum atomic E-state index is -0.726. The number of hydrogen-bond donors (Lipinski definition) is 3. The minimum Gasteiger partial charge on any atom is -0.399 e. The Morgan fingerprint density at radius 2 is 1.64 bits per heavy atom. The van der Waals surface area contributed by atoms with Gasteiger partial charge in [-0.2, -0.15) is 0 Å². The molecule has 0 fully saturated rings. The molecule has 0 saturated carbocycles. The first-order chi connectivity index (χ1) is 10.4. The molecule has 5 nitrogen and oxygen atoms in total. The summed E-state index contributed by atoms with van der Waals surface area (Å²) in [5, 5.41) is 5.40. The summed E-state index contributed by atoms with van der Waals surface area (Å²) < 4.78 is 0. The third-order valence-electron chi connectivity index (χ3n) is 2.64. The summed E-state index contributed by atoms with van der Waals surface area (Å²) in [5.41, 5.74) is 6.49. The summed E-state index contributed by atoms with van der Waals surface area (Å²) in [7, 11) is 0. The maximum Gasteiger partial charge on any atom is 0.326 e. The zero-order valence-electron chi connectivity index (χ0n) is 11.0. The van der Waals surface area contributed by atoms with Crippen molar-refractivity contribution in [2.45, 2.75) is 0 Å². The van der Waals surface area contributed by atoms with Crippen molar-refractivity contribution >= 4 is 58.1 Å². The molecular weight excluding hydrogens is 349 g/mol. The predicted molar refractivity (Wildman–Crippen MR) is 88.8 cm³/mol. The van der Waals surface area contributed by atoms with Gasteiger partial charge >= 0.3 is 6.03 Å². The Balaban J connectivity index is 2.05. The number of anilines is 2. The van der Waals surface area contributed by atoms with Gasteiger partial charge in [-0.3, -0.25) is 10.1 Å². The number of amides is 3. The van der Waals surface area contributed by atoms with Crippen LogP contribution >= 0.6 is 34.8 Å². The smallest absolute Gasteiger partial charge is 0.326 e. The number of benzene rings is 2. The number of imide groups is 1. The first-order valence-electron chi connectivity index (χ1n) is 5.99. The van der Waals surface area contributed by atoms with Crippen LogP contribution in [0, 0.1) is 0 Å². The molecule has 114 valence electrons. The Morgan fingerprint density at radius 1 is 0.909 bits per heavy atom. The molecule has 0 heterocycles. The second-order valence-corrected chi connectivity index (χ2v) is 5.50. The molecule has 0 bridgehead atoms. The molecule has 0 spiro atoms. The summed E-state index contributed by atoms with van der Waals surface area (Å²) in [4.78, 5) is 23.7. The van der Waals surface area contributed by atoms with Crippen LogP contribution in [0.15, 0.2) is 36.4 Å². The third-order valence-corrected chi connectivity index (χ3v) is 3.69. The first kappa shape index (κ1) is 16.4. The number of urea groups is 1.